The first-order chi connectivity index (χ1) is 8.40. The molecule has 1 heterocycles. The van der Waals surface area contributed by atoms with Gasteiger partial charge in [-0.2, -0.15) is 0 Å². The van der Waals surface area contributed by atoms with Gasteiger partial charge in [0.05, 0.1) is 12.2 Å². The Morgan fingerprint density at radius 1 is 1.33 bits per heavy atom. The largest absolute Gasteiger partial charge is 0.477 e. The number of nitrogens with one attached hydrogen (secondary N) is 1. The fourth-order valence-electron chi connectivity index (χ4n) is 1.12. The third-order valence-corrected chi connectivity index (χ3v) is 3.24. The molecule has 100 valence electrons. The summed E-state index contributed by atoms with van der Waals surface area (Å²) in [4.78, 5) is 28.1. The molecule has 0 aromatic carbocycles. The Labute approximate surface area is 107 Å². The Morgan fingerprint density at radius 3 is 2.50 bits per heavy atom. The van der Waals surface area contributed by atoms with Crippen LogP contribution >= 0.6 is 11.8 Å². The van der Waals surface area contributed by atoms with Crippen LogP contribution in [0.25, 0.3) is 0 Å². The fourth-order valence-corrected chi connectivity index (χ4v) is 1.95. The minimum atomic E-state index is -0.970. The van der Waals surface area contributed by atoms with Crippen molar-refractivity contribution in [3.05, 3.63) is 11.9 Å². The minimum absolute atomic E-state index is 0.260. The van der Waals surface area contributed by atoms with Gasteiger partial charge in [-0.25, -0.2) is 14.6 Å². The first-order valence-corrected chi connectivity index (χ1v) is 6.17. The van der Waals surface area contributed by atoms with Gasteiger partial charge in [-0.1, -0.05) is 11.8 Å². The van der Waals surface area contributed by atoms with Gasteiger partial charge in [0.15, 0.2) is 17.2 Å². The maximum absolute atomic E-state index is 10.6. The standard InChI is InChI=1S/C9H14N4O4S/c10-5(7(14)15)1-4-2-12-9(13-4)18-3-6(11)8(16)17/h2,5-6H,1,3,10-11H2,(H,12,13)(H,14,15)(H,16,17)/p+2/t5-,6?/m0/s1. The predicted octanol–water partition coefficient (Wildman–Crippen LogP) is -2.57. The highest BCUT2D eigenvalue weighted by Gasteiger charge is 2.19. The van der Waals surface area contributed by atoms with E-state index in [0.29, 0.717) is 16.6 Å². The normalized spacial score (nSPS) is 14.1. The molecule has 0 aliphatic carbocycles. The summed E-state index contributed by atoms with van der Waals surface area (Å²) in [5.41, 5.74) is 7.64. The first-order valence-electron chi connectivity index (χ1n) is 5.18. The lowest BCUT2D eigenvalue weighted by molar-refractivity contribution is -0.407. The molecule has 0 radical (unpaired) electrons. The SMILES string of the molecule is [NH3+]C(CSc1ncc(C[C@H]([NH3+])C(=O)O)[nH]1)C(=O)O. The number of hydrogen-bond acceptors (Lipinski definition) is 4. The zero-order valence-corrected chi connectivity index (χ0v) is 10.4. The van der Waals surface area contributed by atoms with E-state index in [0.717, 1.165) is 0 Å². The number of rotatable bonds is 7. The van der Waals surface area contributed by atoms with Crippen LogP contribution in [0.2, 0.25) is 0 Å². The summed E-state index contributed by atoms with van der Waals surface area (Å²) in [5.74, 6) is -1.63. The van der Waals surface area contributed by atoms with Gasteiger partial charge in [0, 0.05) is 11.9 Å². The van der Waals surface area contributed by atoms with E-state index in [2.05, 4.69) is 21.4 Å². The highest BCUT2D eigenvalue weighted by atomic mass is 32.2. The molecule has 8 nitrogen and oxygen atoms in total. The highest BCUT2D eigenvalue weighted by Crippen LogP contribution is 2.14. The maximum atomic E-state index is 10.6. The van der Waals surface area contributed by atoms with Crippen LogP contribution in [0.15, 0.2) is 11.4 Å². The molecule has 0 aliphatic rings. The van der Waals surface area contributed by atoms with Gasteiger partial charge in [-0.15, -0.1) is 0 Å². The summed E-state index contributed by atoms with van der Waals surface area (Å²) in [5, 5.41) is 17.9. The van der Waals surface area contributed by atoms with Crippen LogP contribution in [0.3, 0.4) is 0 Å². The molecule has 0 fully saturated rings. The summed E-state index contributed by atoms with van der Waals surface area (Å²) >= 11 is 1.24. The summed E-state index contributed by atoms with van der Waals surface area (Å²) in [6.07, 6.45) is 1.79. The van der Waals surface area contributed by atoms with Crippen molar-refractivity contribution in [2.24, 2.45) is 0 Å². The van der Waals surface area contributed by atoms with Crippen molar-refractivity contribution in [1.29, 1.82) is 0 Å². The number of aromatic amines is 1. The molecule has 18 heavy (non-hydrogen) atoms. The van der Waals surface area contributed by atoms with Crippen molar-refractivity contribution in [3.63, 3.8) is 0 Å². The average Bonchev–Trinajstić information content (AvgIpc) is 2.73. The second kappa shape index (κ2) is 6.38. The maximum Gasteiger partial charge on any atom is 0.363 e. The molecule has 9 heteroatoms. The van der Waals surface area contributed by atoms with Crippen molar-refractivity contribution < 1.29 is 31.3 Å². The van der Waals surface area contributed by atoms with Crippen LogP contribution < -0.4 is 11.5 Å². The molecule has 9 N–H and O–H groups in total. The second-order valence-electron chi connectivity index (χ2n) is 3.80. The van der Waals surface area contributed by atoms with Gasteiger partial charge in [-0.05, 0) is 0 Å². The number of carboxylic acid groups (broad SMARTS) is 2. The van der Waals surface area contributed by atoms with Gasteiger partial charge in [-0.3, -0.25) is 0 Å². The van der Waals surface area contributed by atoms with Crippen molar-refractivity contribution in [2.75, 3.05) is 5.75 Å². The third-order valence-electron chi connectivity index (χ3n) is 2.19. The van der Waals surface area contributed by atoms with E-state index in [1.807, 2.05) is 0 Å². The Balaban J connectivity index is 2.48. The average molecular weight is 276 g/mol. The Morgan fingerprint density at radius 2 is 1.94 bits per heavy atom. The predicted molar refractivity (Wildman–Crippen MR) is 61.6 cm³/mol. The highest BCUT2D eigenvalue weighted by molar-refractivity contribution is 7.99. The van der Waals surface area contributed by atoms with E-state index in [1.54, 1.807) is 0 Å². The number of quaternary nitrogens is 2. The van der Waals surface area contributed by atoms with Crippen LogP contribution in [0, 0.1) is 0 Å². The molecule has 0 aliphatic heterocycles. The summed E-state index contributed by atoms with van der Waals surface area (Å²) < 4.78 is 0. The Bertz CT molecular complexity index is 436. The van der Waals surface area contributed by atoms with Gasteiger partial charge in [0.1, 0.15) is 0 Å². The lowest BCUT2D eigenvalue weighted by Crippen LogP contribution is -2.66. The molecule has 0 saturated carbocycles. The van der Waals surface area contributed by atoms with E-state index in [-0.39, 0.29) is 6.42 Å². The number of thioether (sulfide) groups is 1. The van der Waals surface area contributed by atoms with E-state index in [1.165, 1.54) is 18.0 Å². The van der Waals surface area contributed by atoms with Gasteiger partial charge >= 0.3 is 11.9 Å². The van der Waals surface area contributed by atoms with Crippen molar-refractivity contribution in [2.45, 2.75) is 23.7 Å². The number of carbonyl (C=O) groups is 2. The van der Waals surface area contributed by atoms with Crippen LogP contribution in [0.5, 0.6) is 0 Å². The summed E-state index contributed by atoms with van der Waals surface area (Å²) in [6.45, 7) is 0. The number of nitrogens with zero attached hydrogens (tertiary/aromatic N) is 1. The molecule has 1 unspecified atom stereocenters. The number of aliphatic carboxylic acids is 2. The molecule has 0 saturated heterocycles. The molecule has 0 bridgehead atoms. The fraction of sp³-hybridized carbons (Fsp3) is 0.444. The molecule has 2 atom stereocenters. The van der Waals surface area contributed by atoms with Crippen molar-refractivity contribution in [3.8, 4) is 0 Å². The quantitative estimate of drug-likeness (QED) is 0.344. The van der Waals surface area contributed by atoms with Gasteiger partial charge < -0.3 is 26.7 Å². The first kappa shape index (κ1) is 14.5. The van der Waals surface area contributed by atoms with Crippen LogP contribution in [-0.4, -0.2) is 50.0 Å². The molecule has 0 spiro atoms. The molecule has 1 rings (SSSR count). The lowest BCUT2D eigenvalue weighted by Gasteiger charge is -2.01. The zero-order valence-electron chi connectivity index (χ0n) is 9.63. The van der Waals surface area contributed by atoms with Crippen LogP contribution in [0.4, 0.5) is 0 Å². The number of imidazole rings is 1. The topological polar surface area (TPSA) is 159 Å². The Kier molecular flexibility index (Phi) is 5.13. The van der Waals surface area contributed by atoms with E-state index in [9.17, 15) is 9.59 Å². The minimum Gasteiger partial charge on any atom is -0.477 e. The third kappa shape index (κ3) is 4.35. The molecule has 1 aromatic heterocycles. The number of carboxylic acids is 2. The molecular formula is C9H16N4O4S+2. The summed E-state index contributed by atoms with van der Waals surface area (Å²) in [6, 6.07) is -1.44. The van der Waals surface area contributed by atoms with Crippen LogP contribution in [-0.2, 0) is 16.0 Å². The molecular weight excluding hydrogens is 260 g/mol. The number of H-pyrrole nitrogens is 1. The van der Waals surface area contributed by atoms with E-state index < -0.39 is 24.0 Å². The van der Waals surface area contributed by atoms with Crippen LogP contribution in [0.1, 0.15) is 5.69 Å². The monoisotopic (exact) mass is 276 g/mol. The summed E-state index contributed by atoms with van der Waals surface area (Å²) in [7, 11) is 0. The Hall–Kier alpha value is -1.58. The second-order valence-corrected chi connectivity index (χ2v) is 4.81. The lowest BCUT2D eigenvalue weighted by atomic mass is 10.2. The molecule has 0 amide bonds. The number of aromatic nitrogens is 2. The van der Waals surface area contributed by atoms with E-state index >= 15 is 0 Å². The van der Waals surface area contributed by atoms with Gasteiger partial charge in [0.2, 0.25) is 0 Å². The van der Waals surface area contributed by atoms with Gasteiger partial charge in [0.25, 0.3) is 0 Å². The van der Waals surface area contributed by atoms with Crippen molar-refractivity contribution in [1.82, 2.24) is 9.97 Å². The van der Waals surface area contributed by atoms with Crippen molar-refractivity contribution >= 4 is 23.7 Å². The number of hydrogen-bond donors (Lipinski definition) is 5. The van der Waals surface area contributed by atoms with E-state index in [4.69, 9.17) is 10.2 Å². The molecule has 1 aromatic rings. The zero-order chi connectivity index (χ0) is 13.7. The smallest absolute Gasteiger partial charge is 0.363 e.